The number of unbranched alkanes of at least 4 members (excludes halogenated alkanes) is 2. The van der Waals surface area contributed by atoms with Gasteiger partial charge in [0.25, 0.3) is 0 Å². The van der Waals surface area contributed by atoms with Crippen LogP contribution in [0, 0.1) is 6.57 Å². The summed E-state index contributed by atoms with van der Waals surface area (Å²) in [5.41, 5.74) is 1.01. The van der Waals surface area contributed by atoms with Gasteiger partial charge >= 0.3 is 5.97 Å². The molecule has 0 fully saturated rings. The second-order valence-corrected chi connectivity index (χ2v) is 3.84. The van der Waals surface area contributed by atoms with E-state index in [1.807, 2.05) is 30.3 Å². The lowest BCUT2D eigenvalue weighted by Crippen LogP contribution is -2.04. The number of hydrogen-bond acceptors (Lipinski definition) is 2. The molecule has 0 amide bonds. The highest BCUT2D eigenvalue weighted by atomic mass is 16.5. The van der Waals surface area contributed by atoms with Crippen molar-refractivity contribution in [3.63, 3.8) is 0 Å². The Hall–Kier alpha value is -1.82. The first-order chi connectivity index (χ1) is 8.33. The molecule has 90 valence electrons. The summed E-state index contributed by atoms with van der Waals surface area (Å²) in [6.45, 7) is 7.52. The third kappa shape index (κ3) is 6.36. The van der Waals surface area contributed by atoms with Gasteiger partial charge < -0.3 is 9.58 Å². The van der Waals surface area contributed by atoms with Gasteiger partial charge in [-0.05, 0) is 18.4 Å². The largest absolute Gasteiger partial charge is 0.461 e. The maximum Gasteiger partial charge on any atom is 0.306 e. The van der Waals surface area contributed by atoms with Gasteiger partial charge in [0.15, 0.2) is 0 Å². The predicted molar refractivity (Wildman–Crippen MR) is 66.2 cm³/mol. The van der Waals surface area contributed by atoms with Crippen molar-refractivity contribution in [2.75, 3.05) is 6.54 Å². The van der Waals surface area contributed by atoms with Crippen LogP contribution in [0.4, 0.5) is 0 Å². The number of nitrogens with zero attached hydrogens (tertiary/aromatic N) is 1. The van der Waals surface area contributed by atoms with E-state index in [2.05, 4.69) is 4.85 Å². The van der Waals surface area contributed by atoms with E-state index in [1.54, 1.807) is 0 Å². The van der Waals surface area contributed by atoms with E-state index in [4.69, 9.17) is 11.3 Å². The van der Waals surface area contributed by atoms with Gasteiger partial charge in [-0.1, -0.05) is 30.3 Å². The Balaban J connectivity index is 2.08. The lowest BCUT2D eigenvalue weighted by atomic mass is 10.2. The summed E-state index contributed by atoms with van der Waals surface area (Å²) in [7, 11) is 0. The molecule has 1 aromatic rings. The molecule has 0 aliphatic rings. The van der Waals surface area contributed by atoms with Gasteiger partial charge in [0, 0.05) is 12.8 Å². The molecule has 0 radical (unpaired) electrons. The van der Waals surface area contributed by atoms with Crippen LogP contribution in [0.25, 0.3) is 4.85 Å². The second kappa shape index (κ2) is 8.35. The van der Waals surface area contributed by atoms with Crippen LogP contribution >= 0.6 is 0 Å². The molecule has 1 aromatic carbocycles. The van der Waals surface area contributed by atoms with Gasteiger partial charge in [-0.25, -0.2) is 6.57 Å². The van der Waals surface area contributed by atoms with E-state index in [9.17, 15) is 4.79 Å². The molecule has 0 saturated carbocycles. The van der Waals surface area contributed by atoms with Crippen LogP contribution in [-0.2, 0) is 16.1 Å². The Morgan fingerprint density at radius 2 is 1.94 bits per heavy atom. The highest BCUT2D eigenvalue weighted by molar-refractivity contribution is 5.69. The fourth-order valence-electron chi connectivity index (χ4n) is 1.45. The van der Waals surface area contributed by atoms with Crippen LogP contribution in [0.1, 0.15) is 31.2 Å². The summed E-state index contributed by atoms with van der Waals surface area (Å²) in [6, 6.07) is 9.65. The predicted octanol–water partition coefficient (Wildman–Crippen LogP) is 3.21. The van der Waals surface area contributed by atoms with E-state index in [-0.39, 0.29) is 5.97 Å². The number of carbonyl (C=O) groups excluding carboxylic acids is 1. The van der Waals surface area contributed by atoms with Crippen LogP contribution in [0.3, 0.4) is 0 Å². The standard InChI is InChI=1S/C14H17NO2/c1-15-11-7-3-6-10-14(16)17-12-13-8-4-2-5-9-13/h2,4-5,8-9H,3,6-7,10-12H2. The highest BCUT2D eigenvalue weighted by Gasteiger charge is 2.03. The first kappa shape index (κ1) is 13.2. The smallest absolute Gasteiger partial charge is 0.306 e. The van der Waals surface area contributed by atoms with Crippen molar-refractivity contribution in [3.05, 3.63) is 47.3 Å². The summed E-state index contributed by atoms with van der Waals surface area (Å²) in [6.07, 6.45) is 3.05. The molecular formula is C14H17NO2. The zero-order chi connectivity index (χ0) is 12.3. The van der Waals surface area contributed by atoms with Crippen molar-refractivity contribution in [3.8, 4) is 0 Å². The quantitative estimate of drug-likeness (QED) is 0.410. The number of hydrogen-bond donors (Lipinski definition) is 0. The van der Waals surface area contributed by atoms with Crippen molar-refractivity contribution in [1.29, 1.82) is 0 Å². The van der Waals surface area contributed by atoms with Crippen molar-refractivity contribution in [2.24, 2.45) is 0 Å². The zero-order valence-electron chi connectivity index (χ0n) is 9.89. The van der Waals surface area contributed by atoms with Gasteiger partial charge in [0.05, 0.1) is 0 Å². The molecule has 0 heterocycles. The minimum atomic E-state index is -0.156. The molecule has 17 heavy (non-hydrogen) atoms. The van der Waals surface area contributed by atoms with Crippen molar-refractivity contribution in [2.45, 2.75) is 32.3 Å². The highest BCUT2D eigenvalue weighted by Crippen LogP contribution is 2.05. The van der Waals surface area contributed by atoms with E-state index in [0.29, 0.717) is 19.6 Å². The van der Waals surface area contributed by atoms with Crippen LogP contribution in [0.5, 0.6) is 0 Å². The summed E-state index contributed by atoms with van der Waals surface area (Å²) in [5, 5.41) is 0. The zero-order valence-corrected chi connectivity index (χ0v) is 9.89. The Labute approximate surface area is 102 Å². The van der Waals surface area contributed by atoms with E-state index < -0.39 is 0 Å². The van der Waals surface area contributed by atoms with Crippen molar-refractivity contribution >= 4 is 5.97 Å². The molecule has 0 aliphatic carbocycles. The molecule has 0 atom stereocenters. The molecule has 0 N–H and O–H groups in total. The molecule has 1 rings (SSSR count). The molecule has 3 nitrogen and oxygen atoms in total. The lowest BCUT2D eigenvalue weighted by Gasteiger charge is -2.04. The number of carbonyl (C=O) groups is 1. The second-order valence-electron chi connectivity index (χ2n) is 3.84. The Kier molecular flexibility index (Phi) is 6.50. The molecule has 0 bridgehead atoms. The molecule has 0 spiro atoms. The summed E-state index contributed by atoms with van der Waals surface area (Å²) in [4.78, 5) is 14.6. The van der Waals surface area contributed by atoms with Gasteiger partial charge in [-0.15, -0.1) is 0 Å². The summed E-state index contributed by atoms with van der Waals surface area (Å²) >= 11 is 0. The number of esters is 1. The molecule has 3 heteroatoms. The topological polar surface area (TPSA) is 30.7 Å². The minimum Gasteiger partial charge on any atom is -0.461 e. The first-order valence-corrected chi connectivity index (χ1v) is 5.85. The molecular weight excluding hydrogens is 214 g/mol. The van der Waals surface area contributed by atoms with Crippen LogP contribution in [-0.4, -0.2) is 12.5 Å². The summed E-state index contributed by atoms with van der Waals surface area (Å²) in [5.74, 6) is -0.156. The first-order valence-electron chi connectivity index (χ1n) is 5.85. The van der Waals surface area contributed by atoms with E-state index >= 15 is 0 Å². The third-order valence-electron chi connectivity index (χ3n) is 2.39. The van der Waals surface area contributed by atoms with E-state index in [1.165, 1.54) is 0 Å². The molecule has 0 aromatic heterocycles. The molecule has 0 saturated heterocycles. The van der Waals surface area contributed by atoms with Gasteiger partial charge in [0.1, 0.15) is 6.61 Å². The normalized spacial score (nSPS) is 9.59. The number of benzene rings is 1. The van der Waals surface area contributed by atoms with E-state index in [0.717, 1.165) is 24.8 Å². The van der Waals surface area contributed by atoms with Crippen molar-refractivity contribution in [1.82, 2.24) is 0 Å². The number of rotatable bonds is 7. The maximum absolute atomic E-state index is 11.4. The Morgan fingerprint density at radius 3 is 2.65 bits per heavy atom. The minimum absolute atomic E-state index is 0.156. The SMILES string of the molecule is [C-]#[N+]CCCCCC(=O)OCc1ccccc1. The monoisotopic (exact) mass is 231 g/mol. The van der Waals surface area contributed by atoms with Crippen LogP contribution in [0.2, 0.25) is 0 Å². The van der Waals surface area contributed by atoms with Gasteiger partial charge in [-0.2, -0.15) is 0 Å². The summed E-state index contributed by atoms with van der Waals surface area (Å²) < 4.78 is 5.14. The maximum atomic E-state index is 11.4. The Morgan fingerprint density at radius 1 is 1.18 bits per heavy atom. The van der Waals surface area contributed by atoms with Gasteiger partial charge in [0.2, 0.25) is 6.54 Å². The van der Waals surface area contributed by atoms with Crippen LogP contribution < -0.4 is 0 Å². The fourth-order valence-corrected chi connectivity index (χ4v) is 1.45. The number of ether oxygens (including phenoxy) is 1. The van der Waals surface area contributed by atoms with Gasteiger partial charge in [-0.3, -0.25) is 4.79 Å². The average Bonchev–Trinajstić information content (AvgIpc) is 2.37. The van der Waals surface area contributed by atoms with Crippen LogP contribution in [0.15, 0.2) is 30.3 Å². The average molecular weight is 231 g/mol. The molecule has 0 aliphatic heterocycles. The lowest BCUT2D eigenvalue weighted by molar-refractivity contribution is -0.145. The van der Waals surface area contributed by atoms with Crippen molar-refractivity contribution < 1.29 is 9.53 Å². The third-order valence-corrected chi connectivity index (χ3v) is 2.39. The molecule has 0 unspecified atom stereocenters. The Bertz CT molecular complexity index is 368. The fraction of sp³-hybridized carbons (Fsp3) is 0.429.